The standard InChI is InChI=1S/C7H12O2/c1-6-2-3-7(8)9-5-4-6/h6H,2-5H2,1H3/t6-/m1/s1. The minimum absolute atomic E-state index is 0.0284. The van der Waals surface area contributed by atoms with Crippen LogP contribution < -0.4 is 0 Å². The van der Waals surface area contributed by atoms with E-state index in [1.807, 2.05) is 0 Å². The average molecular weight is 128 g/mol. The topological polar surface area (TPSA) is 26.3 Å². The molecule has 0 aromatic rings. The van der Waals surface area contributed by atoms with Gasteiger partial charge in [0.05, 0.1) is 6.61 Å². The lowest BCUT2D eigenvalue weighted by atomic mass is 10.0. The van der Waals surface area contributed by atoms with E-state index in [0.29, 0.717) is 18.9 Å². The first kappa shape index (κ1) is 6.59. The van der Waals surface area contributed by atoms with Gasteiger partial charge in [-0.15, -0.1) is 0 Å². The predicted octanol–water partition coefficient (Wildman–Crippen LogP) is 1.35. The van der Waals surface area contributed by atoms with Gasteiger partial charge in [0.2, 0.25) is 0 Å². The van der Waals surface area contributed by atoms with Crippen molar-refractivity contribution in [3.8, 4) is 0 Å². The number of hydrogen-bond donors (Lipinski definition) is 0. The van der Waals surface area contributed by atoms with Crippen molar-refractivity contribution in [2.75, 3.05) is 6.61 Å². The highest BCUT2D eigenvalue weighted by Crippen LogP contribution is 2.14. The predicted molar refractivity (Wildman–Crippen MR) is 34.0 cm³/mol. The number of rotatable bonds is 0. The van der Waals surface area contributed by atoms with Crippen LogP contribution in [0.4, 0.5) is 0 Å². The third kappa shape index (κ3) is 2.04. The molecule has 52 valence electrons. The van der Waals surface area contributed by atoms with E-state index in [0.717, 1.165) is 12.8 Å². The van der Waals surface area contributed by atoms with Crippen LogP contribution in [0.15, 0.2) is 0 Å². The van der Waals surface area contributed by atoms with Crippen molar-refractivity contribution in [2.45, 2.75) is 26.2 Å². The molecule has 1 heterocycles. The Morgan fingerprint density at radius 2 is 2.33 bits per heavy atom. The molecule has 0 aliphatic carbocycles. The maximum atomic E-state index is 10.6. The lowest BCUT2D eigenvalue weighted by Crippen LogP contribution is -2.00. The van der Waals surface area contributed by atoms with Gasteiger partial charge in [0, 0.05) is 6.42 Å². The quantitative estimate of drug-likeness (QED) is 0.460. The molecule has 0 saturated carbocycles. The van der Waals surface area contributed by atoms with Crippen LogP contribution in [-0.2, 0) is 9.53 Å². The number of esters is 1. The molecule has 1 rings (SSSR count). The Labute approximate surface area is 55.2 Å². The number of cyclic esters (lactones) is 1. The first-order valence-corrected chi connectivity index (χ1v) is 3.44. The van der Waals surface area contributed by atoms with Gasteiger partial charge in [-0.1, -0.05) is 6.92 Å². The van der Waals surface area contributed by atoms with Crippen LogP contribution in [0.2, 0.25) is 0 Å². The smallest absolute Gasteiger partial charge is 0.305 e. The molecule has 1 saturated heterocycles. The molecule has 0 aromatic heterocycles. The summed E-state index contributed by atoms with van der Waals surface area (Å²) < 4.78 is 4.83. The molecule has 0 N–H and O–H groups in total. The Hall–Kier alpha value is -0.530. The maximum Gasteiger partial charge on any atom is 0.305 e. The van der Waals surface area contributed by atoms with Gasteiger partial charge in [0.1, 0.15) is 0 Å². The molecule has 9 heavy (non-hydrogen) atoms. The zero-order valence-electron chi connectivity index (χ0n) is 5.72. The highest BCUT2D eigenvalue weighted by atomic mass is 16.5. The van der Waals surface area contributed by atoms with Crippen LogP contribution >= 0.6 is 0 Å². The summed E-state index contributed by atoms with van der Waals surface area (Å²) in [6, 6.07) is 0. The van der Waals surface area contributed by atoms with Gasteiger partial charge in [0.15, 0.2) is 0 Å². The van der Waals surface area contributed by atoms with Crippen molar-refractivity contribution in [2.24, 2.45) is 5.92 Å². The summed E-state index contributed by atoms with van der Waals surface area (Å²) in [7, 11) is 0. The van der Waals surface area contributed by atoms with Gasteiger partial charge >= 0.3 is 5.97 Å². The second-order valence-electron chi connectivity index (χ2n) is 2.65. The Bertz CT molecular complexity index is 109. The van der Waals surface area contributed by atoms with E-state index in [1.165, 1.54) is 0 Å². The van der Waals surface area contributed by atoms with Gasteiger partial charge in [-0.25, -0.2) is 0 Å². The van der Waals surface area contributed by atoms with E-state index in [9.17, 15) is 4.79 Å². The largest absolute Gasteiger partial charge is 0.466 e. The van der Waals surface area contributed by atoms with Crippen LogP contribution in [0.1, 0.15) is 26.2 Å². The highest BCUT2D eigenvalue weighted by molar-refractivity contribution is 5.69. The van der Waals surface area contributed by atoms with E-state index < -0.39 is 0 Å². The van der Waals surface area contributed by atoms with E-state index in [-0.39, 0.29) is 5.97 Å². The van der Waals surface area contributed by atoms with Crippen molar-refractivity contribution >= 4 is 5.97 Å². The van der Waals surface area contributed by atoms with Crippen molar-refractivity contribution in [3.05, 3.63) is 0 Å². The summed E-state index contributed by atoms with van der Waals surface area (Å²) in [6.07, 6.45) is 2.64. The molecule has 2 heteroatoms. The second kappa shape index (κ2) is 2.85. The average Bonchev–Trinajstić information content (AvgIpc) is 1.97. The SMILES string of the molecule is C[C@H]1CCOC(=O)CC1. The molecule has 1 fully saturated rings. The molecule has 0 amide bonds. The summed E-state index contributed by atoms with van der Waals surface area (Å²) in [6.45, 7) is 2.78. The monoisotopic (exact) mass is 128 g/mol. The summed E-state index contributed by atoms with van der Waals surface area (Å²) in [5, 5.41) is 0. The molecular weight excluding hydrogens is 116 g/mol. The summed E-state index contributed by atoms with van der Waals surface area (Å²) >= 11 is 0. The third-order valence-corrected chi connectivity index (χ3v) is 1.71. The Morgan fingerprint density at radius 1 is 1.56 bits per heavy atom. The maximum absolute atomic E-state index is 10.6. The fourth-order valence-corrected chi connectivity index (χ4v) is 0.955. The van der Waals surface area contributed by atoms with Crippen LogP contribution in [0.25, 0.3) is 0 Å². The molecule has 2 nitrogen and oxygen atoms in total. The Balaban J connectivity index is 2.34. The second-order valence-corrected chi connectivity index (χ2v) is 2.65. The van der Waals surface area contributed by atoms with Crippen LogP contribution in [-0.4, -0.2) is 12.6 Å². The lowest BCUT2D eigenvalue weighted by molar-refractivity contribution is -0.142. The minimum Gasteiger partial charge on any atom is -0.466 e. The molecule has 1 atom stereocenters. The minimum atomic E-state index is -0.0284. The first-order valence-electron chi connectivity index (χ1n) is 3.44. The highest BCUT2D eigenvalue weighted by Gasteiger charge is 2.12. The van der Waals surface area contributed by atoms with E-state index >= 15 is 0 Å². The van der Waals surface area contributed by atoms with Gasteiger partial charge in [-0.3, -0.25) is 4.79 Å². The van der Waals surface area contributed by atoms with Gasteiger partial charge in [-0.05, 0) is 18.8 Å². The third-order valence-electron chi connectivity index (χ3n) is 1.71. The molecule has 1 aliphatic rings. The van der Waals surface area contributed by atoms with E-state index in [2.05, 4.69) is 6.92 Å². The molecular formula is C7H12O2. The fraction of sp³-hybridized carbons (Fsp3) is 0.857. The zero-order chi connectivity index (χ0) is 6.69. The number of hydrogen-bond acceptors (Lipinski definition) is 2. The van der Waals surface area contributed by atoms with Crippen LogP contribution in [0.5, 0.6) is 0 Å². The van der Waals surface area contributed by atoms with Crippen molar-refractivity contribution in [1.29, 1.82) is 0 Å². The number of carbonyl (C=O) groups is 1. The van der Waals surface area contributed by atoms with Crippen molar-refractivity contribution in [1.82, 2.24) is 0 Å². The number of ether oxygens (including phenoxy) is 1. The molecule has 0 radical (unpaired) electrons. The zero-order valence-corrected chi connectivity index (χ0v) is 5.72. The summed E-state index contributed by atoms with van der Waals surface area (Å²) in [5.41, 5.74) is 0. The summed E-state index contributed by atoms with van der Waals surface area (Å²) in [4.78, 5) is 10.6. The molecule has 0 spiro atoms. The normalized spacial score (nSPS) is 29.0. The molecule has 1 aliphatic heterocycles. The Kier molecular flexibility index (Phi) is 2.09. The molecule has 0 aromatic carbocycles. The van der Waals surface area contributed by atoms with Crippen LogP contribution in [0.3, 0.4) is 0 Å². The molecule has 0 unspecified atom stereocenters. The first-order chi connectivity index (χ1) is 4.29. The Morgan fingerprint density at radius 3 is 3.11 bits per heavy atom. The van der Waals surface area contributed by atoms with Crippen molar-refractivity contribution < 1.29 is 9.53 Å². The van der Waals surface area contributed by atoms with E-state index in [4.69, 9.17) is 4.74 Å². The lowest BCUT2D eigenvalue weighted by Gasteiger charge is -2.00. The van der Waals surface area contributed by atoms with E-state index in [1.54, 1.807) is 0 Å². The van der Waals surface area contributed by atoms with Gasteiger partial charge in [-0.2, -0.15) is 0 Å². The summed E-state index contributed by atoms with van der Waals surface area (Å²) in [5.74, 6) is 0.635. The van der Waals surface area contributed by atoms with Gasteiger partial charge < -0.3 is 4.74 Å². The van der Waals surface area contributed by atoms with Gasteiger partial charge in [0.25, 0.3) is 0 Å². The fourth-order valence-electron chi connectivity index (χ4n) is 0.955. The number of carbonyl (C=O) groups excluding carboxylic acids is 1. The molecule has 0 bridgehead atoms. The van der Waals surface area contributed by atoms with Crippen LogP contribution in [0, 0.1) is 5.92 Å². The van der Waals surface area contributed by atoms with Crippen molar-refractivity contribution in [3.63, 3.8) is 0 Å².